The van der Waals surface area contributed by atoms with Gasteiger partial charge in [-0.05, 0) is 26.0 Å². The molecule has 0 unspecified atom stereocenters. The summed E-state index contributed by atoms with van der Waals surface area (Å²) in [7, 11) is -3.23. The Morgan fingerprint density at radius 1 is 1.35 bits per heavy atom. The van der Waals surface area contributed by atoms with Crippen LogP contribution in [0.5, 0.6) is 0 Å². The average molecular weight is 252 g/mol. The topological polar surface area (TPSA) is 49.4 Å². The Kier molecular flexibility index (Phi) is 2.03. The molecule has 0 spiro atoms. The van der Waals surface area contributed by atoms with Crippen LogP contribution in [0.15, 0.2) is 23.1 Å². The number of nitrogens with zero attached hydrogens (tertiary/aromatic N) is 1. The van der Waals surface area contributed by atoms with Gasteiger partial charge < -0.3 is 10.2 Å². The van der Waals surface area contributed by atoms with E-state index in [-0.39, 0.29) is 0 Å². The molecule has 3 rings (SSSR count). The van der Waals surface area contributed by atoms with Gasteiger partial charge in [0.05, 0.1) is 21.0 Å². The summed E-state index contributed by atoms with van der Waals surface area (Å²) in [6.45, 7) is 5.91. The van der Waals surface area contributed by atoms with Crippen LogP contribution in [0.2, 0.25) is 0 Å². The zero-order valence-electron chi connectivity index (χ0n) is 10.0. The number of para-hydroxylation sites is 1. The predicted molar refractivity (Wildman–Crippen MR) is 68.4 cm³/mol. The Morgan fingerprint density at radius 2 is 2.12 bits per heavy atom. The molecule has 92 valence electrons. The van der Waals surface area contributed by atoms with Gasteiger partial charge in [-0.1, -0.05) is 6.07 Å². The van der Waals surface area contributed by atoms with E-state index in [1.807, 2.05) is 12.1 Å². The quantitative estimate of drug-likeness (QED) is 0.760. The molecule has 17 heavy (non-hydrogen) atoms. The molecule has 2 aliphatic rings. The highest BCUT2D eigenvalue weighted by Crippen LogP contribution is 2.44. The fraction of sp³-hybridized carbons (Fsp3) is 0.500. The minimum atomic E-state index is -3.23. The number of anilines is 2. The van der Waals surface area contributed by atoms with E-state index in [1.165, 1.54) is 0 Å². The first kappa shape index (κ1) is 10.9. The van der Waals surface area contributed by atoms with Crippen LogP contribution in [-0.4, -0.2) is 32.8 Å². The molecule has 0 saturated heterocycles. The number of nitrogens with one attached hydrogen (secondary N) is 1. The minimum absolute atomic E-state index is 0.471. The summed E-state index contributed by atoms with van der Waals surface area (Å²) in [5, 5.41) is 3.26. The van der Waals surface area contributed by atoms with Gasteiger partial charge in [-0.25, -0.2) is 8.42 Å². The van der Waals surface area contributed by atoms with E-state index in [0.717, 1.165) is 24.5 Å². The second-order valence-electron chi connectivity index (χ2n) is 5.26. The first-order valence-corrected chi connectivity index (χ1v) is 7.28. The van der Waals surface area contributed by atoms with E-state index in [4.69, 9.17) is 0 Å². The molecule has 0 radical (unpaired) electrons. The molecule has 0 aliphatic carbocycles. The third kappa shape index (κ3) is 1.32. The van der Waals surface area contributed by atoms with Crippen LogP contribution in [-0.2, 0) is 9.84 Å². The number of rotatable bonds is 0. The highest BCUT2D eigenvalue weighted by Gasteiger charge is 2.45. The van der Waals surface area contributed by atoms with Crippen LogP contribution >= 0.6 is 0 Å². The van der Waals surface area contributed by atoms with Crippen LogP contribution < -0.4 is 10.2 Å². The van der Waals surface area contributed by atoms with Crippen molar-refractivity contribution >= 4 is 21.2 Å². The Morgan fingerprint density at radius 3 is 2.88 bits per heavy atom. The first-order valence-electron chi connectivity index (χ1n) is 5.80. The fourth-order valence-corrected chi connectivity index (χ4v) is 4.32. The van der Waals surface area contributed by atoms with Crippen LogP contribution in [0.1, 0.15) is 13.8 Å². The van der Waals surface area contributed by atoms with E-state index in [1.54, 1.807) is 19.9 Å². The lowest BCUT2D eigenvalue weighted by atomic mass is 10.1. The number of hydrogen-bond acceptors (Lipinski definition) is 4. The monoisotopic (exact) mass is 252 g/mol. The Balaban J connectivity index is 2.34. The van der Waals surface area contributed by atoms with Crippen molar-refractivity contribution in [3.05, 3.63) is 18.2 Å². The second-order valence-corrected chi connectivity index (χ2v) is 7.82. The fourth-order valence-electron chi connectivity index (χ4n) is 2.65. The van der Waals surface area contributed by atoms with E-state index in [9.17, 15) is 8.42 Å². The molecule has 0 atom stereocenters. The largest absolute Gasteiger partial charge is 0.382 e. The molecule has 5 heteroatoms. The third-order valence-electron chi connectivity index (χ3n) is 3.60. The lowest BCUT2D eigenvalue weighted by Gasteiger charge is -2.43. The highest BCUT2D eigenvalue weighted by atomic mass is 32.2. The van der Waals surface area contributed by atoms with Gasteiger partial charge in [-0.2, -0.15) is 0 Å². The molecule has 1 aromatic rings. The lowest BCUT2D eigenvalue weighted by Crippen LogP contribution is -2.51. The van der Waals surface area contributed by atoms with E-state index < -0.39 is 14.6 Å². The summed E-state index contributed by atoms with van der Waals surface area (Å²) in [5.74, 6) is 0. The smallest absolute Gasteiger partial charge is 0.187 e. The SMILES string of the molecule is CC1(C)CN2CCNc3cccc(c32)S1(=O)=O. The molecular weight excluding hydrogens is 236 g/mol. The van der Waals surface area contributed by atoms with Crippen molar-refractivity contribution in [2.75, 3.05) is 29.9 Å². The molecule has 2 aliphatic heterocycles. The Labute approximate surface area is 102 Å². The third-order valence-corrected chi connectivity index (χ3v) is 6.09. The van der Waals surface area contributed by atoms with Gasteiger partial charge in [0.1, 0.15) is 0 Å². The van der Waals surface area contributed by atoms with Crippen molar-refractivity contribution in [2.24, 2.45) is 0 Å². The maximum Gasteiger partial charge on any atom is 0.187 e. The molecule has 4 nitrogen and oxygen atoms in total. The maximum atomic E-state index is 12.5. The molecule has 0 amide bonds. The van der Waals surface area contributed by atoms with Crippen molar-refractivity contribution in [1.29, 1.82) is 0 Å². The van der Waals surface area contributed by atoms with Gasteiger partial charge >= 0.3 is 0 Å². The highest BCUT2D eigenvalue weighted by molar-refractivity contribution is 7.93. The molecule has 0 aromatic heterocycles. The van der Waals surface area contributed by atoms with Gasteiger partial charge in [0.15, 0.2) is 9.84 Å². The number of hydrogen-bond donors (Lipinski definition) is 1. The van der Waals surface area contributed by atoms with Gasteiger partial charge in [0.25, 0.3) is 0 Å². The summed E-state index contributed by atoms with van der Waals surface area (Å²) in [5.41, 5.74) is 1.80. The van der Waals surface area contributed by atoms with Gasteiger partial charge in [0.2, 0.25) is 0 Å². The zero-order valence-corrected chi connectivity index (χ0v) is 10.8. The molecule has 1 aromatic carbocycles. The summed E-state index contributed by atoms with van der Waals surface area (Å²) in [4.78, 5) is 2.65. The van der Waals surface area contributed by atoms with Gasteiger partial charge in [0, 0.05) is 19.6 Å². The van der Waals surface area contributed by atoms with E-state index in [0.29, 0.717) is 11.4 Å². The number of benzene rings is 1. The van der Waals surface area contributed by atoms with Crippen molar-refractivity contribution < 1.29 is 8.42 Å². The average Bonchev–Trinajstić information content (AvgIpc) is 2.26. The first-order chi connectivity index (χ1) is 7.93. The molecule has 1 N–H and O–H groups in total. The molecule has 0 fully saturated rings. The standard InChI is InChI=1S/C12H16N2O2S/c1-12(2)8-14-7-6-13-9-4-3-5-10(11(9)14)17(12,15)16/h3-5,13H,6-8H2,1-2H3. The van der Waals surface area contributed by atoms with Crippen molar-refractivity contribution in [3.8, 4) is 0 Å². The Hall–Kier alpha value is -1.23. The zero-order chi connectivity index (χ0) is 12.3. The van der Waals surface area contributed by atoms with Crippen LogP contribution in [0, 0.1) is 0 Å². The summed E-state index contributed by atoms with van der Waals surface area (Å²) in [6.07, 6.45) is 0. The normalized spacial score (nSPS) is 23.8. The van der Waals surface area contributed by atoms with Crippen LogP contribution in [0.25, 0.3) is 0 Å². The Bertz CT molecular complexity index is 578. The van der Waals surface area contributed by atoms with Gasteiger partial charge in [-0.15, -0.1) is 0 Å². The maximum absolute atomic E-state index is 12.5. The van der Waals surface area contributed by atoms with E-state index in [2.05, 4.69) is 10.2 Å². The molecule has 2 heterocycles. The molecule has 0 saturated carbocycles. The summed E-state index contributed by atoms with van der Waals surface area (Å²) >= 11 is 0. The van der Waals surface area contributed by atoms with E-state index >= 15 is 0 Å². The summed E-state index contributed by atoms with van der Waals surface area (Å²) in [6, 6.07) is 5.47. The van der Waals surface area contributed by atoms with Crippen molar-refractivity contribution in [3.63, 3.8) is 0 Å². The molecular formula is C12H16N2O2S. The minimum Gasteiger partial charge on any atom is -0.382 e. The predicted octanol–water partition coefficient (Wildman–Crippen LogP) is 1.48. The molecule has 0 bridgehead atoms. The lowest BCUT2D eigenvalue weighted by molar-refractivity contribution is 0.526. The van der Waals surface area contributed by atoms with Crippen molar-refractivity contribution in [2.45, 2.75) is 23.5 Å². The summed E-state index contributed by atoms with van der Waals surface area (Å²) < 4.78 is 24.3. The van der Waals surface area contributed by atoms with Crippen LogP contribution in [0.3, 0.4) is 0 Å². The number of sulfone groups is 1. The van der Waals surface area contributed by atoms with Crippen molar-refractivity contribution in [1.82, 2.24) is 0 Å². The second kappa shape index (κ2) is 3.16. The van der Waals surface area contributed by atoms with Crippen LogP contribution in [0.4, 0.5) is 11.4 Å². The van der Waals surface area contributed by atoms with Gasteiger partial charge in [-0.3, -0.25) is 0 Å².